The zero-order chi connectivity index (χ0) is 11.7. The van der Waals surface area contributed by atoms with Crippen molar-refractivity contribution in [3.63, 3.8) is 0 Å². The number of carbonyl (C=O) groups is 1. The lowest BCUT2D eigenvalue weighted by molar-refractivity contribution is 0.0754. The van der Waals surface area contributed by atoms with Crippen molar-refractivity contribution in [3.8, 4) is 0 Å². The van der Waals surface area contributed by atoms with Gasteiger partial charge in [-0.1, -0.05) is 6.07 Å². The number of hydrogen-bond donors (Lipinski definition) is 0. The van der Waals surface area contributed by atoms with Gasteiger partial charge in [-0.15, -0.1) is 23.1 Å². The van der Waals surface area contributed by atoms with Gasteiger partial charge in [-0.3, -0.25) is 4.79 Å². The van der Waals surface area contributed by atoms with Crippen LogP contribution in [0.25, 0.3) is 0 Å². The summed E-state index contributed by atoms with van der Waals surface area (Å²) in [5.74, 6) is 1.92. The fraction of sp³-hybridized carbons (Fsp3) is 0.250. The molecule has 5 heteroatoms. The Morgan fingerprint density at radius 1 is 1.41 bits per heavy atom. The number of thioether (sulfide) groups is 1. The molecule has 3 nitrogen and oxygen atoms in total. The van der Waals surface area contributed by atoms with E-state index < -0.39 is 0 Å². The second-order valence-corrected chi connectivity index (χ2v) is 5.85. The van der Waals surface area contributed by atoms with Gasteiger partial charge in [-0.05, 0) is 23.6 Å². The van der Waals surface area contributed by atoms with Crippen LogP contribution in [0.2, 0.25) is 0 Å². The molecule has 0 aliphatic carbocycles. The van der Waals surface area contributed by atoms with Gasteiger partial charge in [0.2, 0.25) is 0 Å². The van der Waals surface area contributed by atoms with Gasteiger partial charge in [0.15, 0.2) is 0 Å². The molecule has 2 aromatic heterocycles. The summed E-state index contributed by atoms with van der Waals surface area (Å²) in [5.41, 5.74) is 0. The van der Waals surface area contributed by atoms with Crippen LogP contribution in [-0.4, -0.2) is 23.1 Å². The van der Waals surface area contributed by atoms with Crippen molar-refractivity contribution in [1.82, 2.24) is 4.90 Å². The summed E-state index contributed by atoms with van der Waals surface area (Å²) in [6.07, 6.45) is 1.65. The van der Waals surface area contributed by atoms with Gasteiger partial charge in [-0.2, -0.15) is 0 Å². The highest BCUT2D eigenvalue weighted by Gasteiger charge is 2.33. The van der Waals surface area contributed by atoms with E-state index in [0.717, 1.165) is 22.9 Å². The van der Waals surface area contributed by atoms with Crippen LogP contribution in [0.4, 0.5) is 0 Å². The lowest BCUT2D eigenvalue weighted by Gasteiger charge is -2.21. The Balaban J connectivity index is 1.85. The molecule has 1 aliphatic rings. The lowest BCUT2D eigenvalue weighted by Crippen LogP contribution is -2.29. The van der Waals surface area contributed by atoms with Crippen molar-refractivity contribution in [2.75, 3.05) is 12.3 Å². The molecule has 1 aliphatic heterocycles. The maximum absolute atomic E-state index is 12.3. The van der Waals surface area contributed by atoms with E-state index in [-0.39, 0.29) is 11.3 Å². The maximum Gasteiger partial charge on any atom is 0.265 e. The first-order valence-corrected chi connectivity index (χ1v) is 7.28. The second kappa shape index (κ2) is 4.58. The predicted molar refractivity (Wildman–Crippen MR) is 69.3 cm³/mol. The first kappa shape index (κ1) is 10.9. The van der Waals surface area contributed by atoms with E-state index in [1.54, 1.807) is 18.0 Å². The molecule has 3 rings (SSSR count). The third-order valence-corrected chi connectivity index (χ3v) is 4.75. The molecule has 1 atom stereocenters. The summed E-state index contributed by atoms with van der Waals surface area (Å²) in [6.45, 7) is 0.784. The third-order valence-electron chi connectivity index (χ3n) is 2.67. The summed E-state index contributed by atoms with van der Waals surface area (Å²) >= 11 is 3.24. The van der Waals surface area contributed by atoms with Gasteiger partial charge in [-0.25, -0.2) is 0 Å². The van der Waals surface area contributed by atoms with Crippen molar-refractivity contribution in [1.29, 1.82) is 0 Å². The minimum Gasteiger partial charge on any atom is -0.466 e. The van der Waals surface area contributed by atoms with Crippen LogP contribution in [0.15, 0.2) is 40.3 Å². The van der Waals surface area contributed by atoms with Crippen molar-refractivity contribution in [2.24, 2.45) is 0 Å². The molecule has 0 bridgehead atoms. The summed E-state index contributed by atoms with van der Waals surface area (Å²) in [7, 11) is 0. The monoisotopic (exact) mass is 265 g/mol. The number of nitrogens with zero attached hydrogens (tertiary/aromatic N) is 1. The Labute approximate surface area is 107 Å². The molecule has 2 aromatic rings. The number of furan rings is 1. The van der Waals surface area contributed by atoms with Crippen LogP contribution in [0.3, 0.4) is 0 Å². The molecule has 17 heavy (non-hydrogen) atoms. The van der Waals surface area contributed by atoms with Crippen LogP contribution in [0, 0.1) is 0 Å². The highest BCUT2D eigenvalue weighted by Crippen LogP contribution is 2.39. The standard InChI is InChI=1S/C12H11NO2S2/c14-11(10-4-2-7-16-10)13-5-8-17-12(13)9-3-1-6-15-9/h1-4,6-7,12H,5,8H2. The Hall–Kier alpha value is -1.20. The van der Waals surface area contributed by atoms with Gasteiger partial charge < -0.3 is 9.32 Å². The Bertz CT molecular complexity index is 493. The van der Waals surface area contributed by atoms with Crippen molar-refractivity contribution < 1.29 is 9.21 Å². The average Bonchev–Trinajstić information content (AvgIpc) is 3.09. The summed E-state index contributed by atoms with van der Waals surface area (Å²) in [4.78, 5) is 15.0. The largest absolute Gasteiger partial charge is 0.466 e. The topological polar surface area (TPSA) is 33.5 Å². The summed E-state index contributed by atoms with van der Waals surface area (Å²) in [6, 6.07) is 7.57. The van der Waals surface area contributed by atoms with Crippen LogP contribution in [-0.2, 0) is 0 Å². The minimum absolute atomic E-state index is 0.0274. The van der Waals surface area contributed by atoms with Crippen molar-refractivity contribution in [2.45, 2.75) is 5.37 Å². The van der Waals surface area contributed by atoms with E-state index in [1.807, 2.05) is 34.5 Å². The number of amides is 1. The number of hydrogen-bond acceptors (Lipinski definition) is 4. The lowest BCUT2D eigenvalue weighted by atomic mass is 10.3. The minimum atomic E-state index is 0.0274. The molecule has 0 saturated carbocycles. The molecule has 1 amide bonds. The Kier molecular flexibility index (Phi) is 2.94. The molecule has 0 spiro atoms. The van der Waals surface area contributed by atoms with Crippen molar-refractivity contribution in [3.05, 3.63) is 46.5 Å². The zero-order valence-corrected chi connectivity index (χ0v) is 10.7. The van der Waals surface area contributed by atoms with E-state index in [1.165, 1.54) is 11.3 Å². The van der Waals surface area contributed by atoms with Crippen LogP contribution < -0.4 is 0 Å². The molecule has 1 saturated heterocycles. The van der Waals surface area contributed by atoms with Crippen LogP contribution >= 0.6 is 23.1 Å². The van der Waals surface area contributed by atoms with Crippen LogP contribution in [0.1, 0.15) is 20.8 Å². The highest BCUT2D eigenvalue weighted by atomic mass is 32.2. The summed E-state index contributed by atoms with van der Waals surface area (Å²) < 4.78 is 5.40. The Morgan fingerprint density at radius 3 is 3.06 bits per heavy atom. The van der Waals surface area contributed by atoms with E-state index in [4.69, 9.17) is 4.42 Å². The first-order valence-electron chi connectivity index (χ1n) is 5.36. The molecule has 3 heterocycles. The van der Waals surface area contributed by atoms with Gasteiger partial charge in [0.1, 0.15) is 11.1 Å². The normalized spacial score (nSPS) is 19.8. The smallest absolute Gasteiger partial charge is 0.265 e. The fourth-order valence-electron chi connectivity index (χ4n) is 1.89. The zero-order valence-electron chi connectivity index (χ0n) is 9.04. The maximum atomic E-state index is 12.3. The predicted octanol–water partition coefficient (Wildman–Crippen LogP) is 3.23. The average molecular weight is 265 g/mol. The number of rotatable bonds is 2. The molecule has 0 radical (unpaired) electrons. The number of carbonyl (C=O) groups excluding carboxylic acids is 1. The van der Waals surface area contributed by atoms with E-state index in [2.05, 4.69) is 0 Å². The molecular formula is C12H11NO2S2. The quantitative estimate of drug-likeness (QED) is 0.836. The van der Waals surface area contributed by atoms with Gasteiger partial charge >= 0.3 is 0 Å². The van der Waals surface area contributed by atoms with Gasteiger partial charge in [0, 0.05) is 12.3 Å². The van der Waals surface area contributed by atoms with Crippen LogP contribution in [0.5, 0.6) is 0 Å². The molecule has 0 N–H and O–H groups in total. The number of thiophene rings is 1. The fourth-order valence-corrected chi connectivity index (χ4v) is 3.77. The van der Waals surface area contributed by atoms with E-state index >= 15 is 0 Å². The summed E-state index contributed by atoms with van der Waals surface area (Å²) in [5, 5.41) is 1.96. The first-order chi connectivity index (χ1) is 8.36. The molecular weight excluding hydrogens is 254 g/mol. The third kappa shape index (κ3) is 2.00. The Morgan fingerprint density at radius 2 is 2.35 bits per heavy atom. The van der Waals surface area contributed by atoms with E-state index in [0.29, 0.717) is 0 Å². The molecule has 0 aromatic carbocycles. The molecule has 1 unspecified atom stereocenters. The molecule has 1 fully saturated rings. The highest BCUT2D eigenvalue weighted by molar-refractivity contribution is 7.99. The molecule has 88 valence electrons. The van der Waals surface area contributed by atoms with Gasteiger partial charge in [0.05, 0.1) is 11.1 Å². The SMILES string of the molecule is O=C(c1cccs1)N1CCSC1c1ccco1. The van der Waals surface area contributed by atoms with Crippen molar-refractivity contribution >= 4 is 29.0 Å². The van der Waals surface area contributed by atoms with E-state index in [9.17, 15) is 4.79 Å². The van der Waals surface area contributed by atoms with Gasteiger partial charge in [0.25, 0.3) is 5.91 Å². The second-order valence-electron chi connectivity index (χ2n) is 3.71.